The molecule has 1 N–H and O–H groups in total. The van der Waals surface area contributed by atoms with Gasteiger partial charge in [0.25, 0.3) is 5.92 Å². The zero-order valence-electron chi connectivity index (χ0n) is 12.3. The van der Waals surface area contributed by atoms with Crippen LogP contribution in [-0.4, -0.2) is 23.0 Å². The summed E-state index contributed by atoms with van der Waals surface area (Å²) in [4.78, 5) is 6.90. The molecule has 1 heterocycles. The Morgan fingerprint density at radius 2 is 2.04 bits per heavy atom. The number of hydrogen-bond acceptors (Lipinski definition) is 3. The van der Waals surface area contributed by atoms with E-state index in [-0.39, 0.29) is 11.1 Å². The molecule has 23 heavy (non-hydrogen) atoms. The standard InChI is InChI=1S/C17H13F2N3O/c1-23-13-5-2-11(3-6-13)15-14(16-21-8-9-22-16)7-4-12(10-20)17(15,18)19/h2-9,12H,1H3,(H,21,22). The van der Waals surface area contributed by atoms with E-state index in [0.717, 1.165) is 0 Å². The Morgan fingerprint density at radius 1 is 1.30 bits per heavy atom. The second kappa shape index (κ2) is 5.69. The molecule has 1 aliphatic carbocycles. The Bertz CT molecular complexity index is 799. The fourth-order valence-electron chi connectivity index (χ4n) is 2.57. The number of nitrogens with one attached hydrogen (secondary N) is 1. The fraction of sp³-hybridized carbons (Fsp3) is 0.176. The topological polar surface area (TPSA) is 61.7 Å². The Labute approximate surface area is 131 Å². The van der Waals surface area contributed by atoms with E-state index >= 15 is 0 Å². The summed E-state index contributed by atoms with van der Waals surface area (Å²) in [7, 11) is 1.51. The average molecular weight is 313 g/mol. The lowest BCUT2D eigenvalue weighted by Gasteiger charge is -2.28. The minimum Gasteiger partial charge on any atom is -0.497 e. The van der Waals surface area contributed by atoms with Gasteiger partial charge in [-0.3, -0.25) is 0 Å². The molecular formula is C17H13F2N3O. The SMILES string of the molecule is COc1ccc(C2=C(c3ncc[nH]3)C=CC(C#N)C2(F)F)cc1. The second-order valence-corrected chi connectivity index (χ2v) is 5.04. The lowest BCUT2D eigenvalue weighted by Crippen LogP contribution is -2.30. The van der Waals surface area contributed by atoms with Gasteiger partial charge in [-0.1, -0.05) is 24.3 Å². The number of hydrogen-bond donors (Lipinski definition) is 1. The van der Waals surface area contributed by atoms with Crippen molar-refractivity contribution in [3.8, 4) is 11.8 Å². The molecule has 3 rings (SSSR count). The van der Waals surface area contributed by atoms with Crippen molar-refractivity contribution in [2.75, 3.05) is 7.11 Å². The van der Waals surface area contributed by atoms with Crippen molar-refractivity contribution < 1.29 is 13.5 Å². The molecule has 0 spiro atoms. The van der Waals surface area contributed by atoms with Crippen LogP contribution in [0.4, 0.5) is 8.78 Å². The van der Waals surface area contributed by atoms with Gasteiger partial charge in [-0.2, -0.15) is 14.0 Å². The van der Waals surface area contributed by atoms with E-state index in [0.29, 0.717) is 17.1 Å². The Hall–Kier alpha value is -2.94. The first kappa shape index (κ1) is 15.0. The lowest BCUT2D eigenvalue weighted by molar-refractivity contribution is 0.0418. The minimum atomic E-state index is -3.32. The molecule has 116 valence electrons. The zero-order valence-corrected chi connectivity index (χ0v) is 12.3. The molecule has 0 saturated heterocycles. The first-order valence-corrected chi connectivity index (χ1v) is 6.92. The highest BCUT2D eigenvalue weighted by Crippen LogP contribution is 2.46. The highest BCUT2D eigenvalue weighted by molar-refractivity contribution is 5.98. The van der Waals surface area contributed by atoms with Crippen molar-refractivity contribution in [2.45, 2.75) is 5.92 Å². The summed E-state index contributed by atoms with van der Waals surface area (Å²) in [5, 5.41) is 9.04. The molecule has 1 aromatic carbocycles. The summed E-state index contributed by atoms with van der Waals surface area (Å²) in [5.74, 6) is -3.93. The molecule has 1 aliphatic rings. The number of alkyl halides is 2. The number of ether oxygens (including phenoxy) is 1. The third-order valence-corrected chi connectivity index (χ3v) is 3.72. The van der Waals surface area contributed by atoms with Crippen molar-refractivity contribution in [3.05, 3.63) is 60.2 Å². The zero-order chi connectivity index (χ0) is 16.4. The van der Waals surface area contributed by atoms with Crippen LogP contribution in [0, 0.1) is 17.2 Å². The number of H-pyrrole nitrogens is 1. The maximum absolute atomic E-state index is 14.8. The molecule has 0 amide bonds. The van der Waals surface area contributed by atoms with Crippen molar-refractivity contribution in [2.24, 2.45) is 5.92 Å². The number of allylic oxidation sites excluding steroid dienone is 4. The predicted octanol–water partition coefficient (Wildman–Crippen LogP) is 3.67. The highest BCUT2D eigenvalue weighted by Gasteiger charge is 2.46. The van der Waals surface area contributed by atoms with Crippen LogP contribution in [0.25, 0.3) is 11.1 Å². The number of imidazole rings is 1. The number of nitriles is 1. The van der Waals surface area contributed by atoms with Crippen LogP contribution in [-0.2, 0) is 0 Å². The normalized spacial score (nSPS) is 19.5. The molecule has 0 bridgehead atoms. The maximum Gasteiger partial charge on any atom is 0.293 e. The molecule has 0 saturated carbocycles. The minimum absolute atomic E-state index is 0.218. The van der Waals surface area contributed by atoms with Crippen LogP contribution in [0.5, 0.6) is 5.75 Å². The van der Waals surface area contributed by atoms with Gasteiger partial charge in [-0.15, -0.1) is 0 Å². The predicted molar refractivity (Wildman–Crippen MR) is 81.6 cm³/mol. The smallest absolute Gasteiger partial charge is 0.293 e. The largest absolute Gasteiger partial charge is 0.497 e. The van der Waals surface area contributed by atoms with Crippen LogP contribution in [0.2, 0.25) is 0 Å². The Balaban J connectivity index is 2.22. The summed E-state index contributed by atoms with van der Waals surface area (Å²) in [6.45, 7) is 0. The molecule has 4 nitrogen and oxygen atoms in total. The first-order valence-electron chi connectivity index (χ1n) is 6.92. The van der Waals surface area contributed by atoms with Crippen molar-refractivity contribution in [1.29, 1.82) is 5.26 Å². The number of halogens is 2. The quantitative estimate of drug-likeness (QED) is 0.940. The van der Waals surface area contributed by atoms with E-state index < -0.39 is 11.8 Å². The summed E-state index contributed by atoms with van der Waals surface area (Å²) >= 11 is 0. The summed E-state index contributed by atoms with van der Waals surface area (Å²) < 4.78 is 34.7. The molecule has 0 radical (unpaired) electrons. The average Bonchev–Trinajstić information content (AvgIpc) is 3.08. The fourth-order valence-corrected chi connectivity index (χ4v) is 2.57. The third kappa shape index (κ3) is 2.50. The maximum atomic E-state index is 14.8. The van der Waals surface area contributed by atoms with Gasteiger partial charge in [0.2, 0.25) is 0 Å². The third-order valence-electron chi connectivity index (χ3n) is 3.72. The lowest BCUT2D eigenvalue weighted by atomic mass is 9.82. The Kier molecular flexibility index (Phi) is 3.70. The molecule has 1 aromatic heterocycles. The van der Waals surface area contributed by atoms with Gasteiger partial charge in [0, 0.05) is 23.5 Å². The number of benzene rings is 1. The van der Waals surface area contributed by atoms with E-state index in [9.17, 15) is 8.78 Å². The van der Waals surface area contributed by atoms with Gasteiger partial charge in [0.15, 0.2) is 0 Å². The number of aromatic amines is 1. The Morgan fingerprint density at radius 3 is 2.61 bits per heavy atom. The van der Waals surface area contributed by atoms with Crippen LogP contribution >= 0.6 is 0 Å². The van der Waals surface area contributed by atoms with Crippen molar-refractivity contribution in [1.82, 2.24) is 9.97 Å². The van der Waals surface area contributed by atoms with Crippen molar-refractivity contribution in [3.63, 3.8) is 0 Å². The van der Waals surface area contributed by atoms with E-state index in [1.54, 1.807) is 36.5 Å². The monoisotopic (exact) mass is 313 g/mol. The van der Waals surface area contributed by atoms with E-state index in [1.165, 1.54) is 25.5 Å². The van der Waals surface area contributed by atoms with E-state index in [1.807, 2.05) is 0 Å². The van der Waals surface area contributed by atoms with Gasteiger partial charge >= 0.3 is 0 Å². The number of rotatable bonds is 3. The molecule has 0 fully saturated rings. The molecule has 1 atom stereocenters. The number of nitrogens with zero attached hydrogens (tertiary/aromatic N) is 2. The molecule has 0 aliphatic heterocycles. The summed E-state index contributed by atoms with van der Waals surface area (Å²) in [5.41, 5.74) is 0.382. The number of methoxy groups -OCH3 is 1. The number of aromatic nitrogens is 2. The van der Waals surface area contributed by atoms with Crippen LogP contribution < -0.4 is 4.74 Å². The van der Waals surface area contributed by atoms with Crippen molar-refractivity contribution >= 4 is 11.1 Å². The molecule has 6 heteroatoms. The molecular weight excluding hydrogens is 300 g/mol. The highest BCUT2D eigenvalue weighted by atomic mass is 19.3. The van der Waals surface area contributed by atoms with Crippen LogP contribution in [0.3, 0.4) is 0 Å². The first-order chi connectivity index (χ1) is 11.1. The van der Waals surface area contributed by atoms with Gasteiger partial charge in [-0.05, 0) is 17.7 Å². The molecule has 1 unspecified atom stereocenters. The van der Waals surface area contributed by atoms with Gasteiger partial charge in [0.05, 0.1) is 13.2 Å². The van der Waals surface area contributed by atoms with Gasteiger partial charge < -0.3 is 9.72 Å². The van der Waals surface area contributed by atoms with Gasteiger partial charge in [0.1, 0.15) is 17.5 Å². The van der Waals surface area contributed by atoms with E-state index in [2.05, 4.69) is 9.97 Å². The molecule has 2 aromatic rings. The summed E-state index contributed by atoms with van der Waals surface area (Å²) in [6, 6.07) is 7.98. The second-order valence-electron chi connectivity index (χ2n) is 5.04. The summed E-state index contributed by atoms with van der Waals surface area (Å²) in [6.07, 6.45) is 5.79. The van der Waals surface area contributed by atoms with E-state index in [4.69, 9.17) is 10.00 Å². The van der Waals surface area contributed by atoms with Gasteiger partial charge in [-0.25, -0.2) is 4.98 Å². The van der Waals surface area contributed by atoms with Crippen LogP contribution in [0.1, 0.15) is 11.4 Å². The van der Waals surface area contributed by atoms with Crippen LogP contribution in [0.15, 0.2) is 48.8 Å².